The van der Waals surface area contributed by atoms with E-state index in [1.807, 2.05) is 84.2 Å². The summed E-state index contributed by atoms with van der Waals surface area (Å²) in [5, 5.41) is 26.6. The first kappa shape index (κ1) is 55.8. The van der Waals surface area contributed by atoms with E-state index in [2.05, 4.69) is 88.8 Å². The second kappa shape index (κ2) is 23.4. The first-order valence-electron chi connectivity index (χ1n) is 23.4. The van der Waals surface area contributed by atoms with Gasteiger partial charge >= 0.3 is 11.9 Å². The highest BCUT2D eigenvalue weighted by atomic mass is 32.1. The molecule has 0 amide bonds. The molecule has 378 valence electrons. The average molecular weight is 1000 g/mol. The zero-order chi connectivity index (χ0) is 51.2. The Balaban J connectivity index is 0.000000252. The van der Waals surface area contributed by atoms with Crippen LogP contribution in [0.5, 0.6) is 0 Å². The third-order valence-electron chi connectivity index (χ3n) is 11.4. The van der Waals surface area contributed by atoms with Gasteiger partial charge in [-0.2, -0.15) is 0 Å². The number of hydrogen-bond acceptors (Lipinski definition) is 15. The van der Waals surface area contributed by atoms with Crippen molar-refractivity contribution >= 4 is 46.0 Å². The monoisotopic (exact) mass is 1000 g/mol. The number of hydrogen-bond donors (Lipinski definition) is 3. The minimum absolute atomic E-state index is 0. The Hall–Kier alpha value is -6.16. The van der Waals surface area contributed by atoms with Crippen LogP contribution in [0.25, 0.3) is 10.0 Å². The zero-order valence-electron chi connectivity index (χ0n) is 42.6. The molecule has 4 aromatic heterocycles. The molecule has 5 N–H and O–H groups in total. The Labute approximate surface area is 426 Å². The molecule has 17 heteroatoms. The van der Waals surface area contributed by atoms with Crippen LogP contribution < -0.4 is 11.5 Å². The van der Waals surface area contributed by atoms with Gasteiger partial charge in [0.25, 0.3) is 0 Å². The van der Waals surface area contributed by atoms with Crippen LogP contribution in [0.2, 0.25) is 0 Å². The minimum atomic E-state index is -0.579. The molecule has 0 spiro atoms. The van der Waals surface area contributed by atoms with E-state index in [0.29, 0.717) is 24.7 Å². The predicted octanol–water partition coefficient (Wildman–Crippen LogP) is 9.20. The highest BCUT2D eigenvalue weighted by Gasteiger charge is 2.35. The number of ether oxygens (including phenoxy) is 2. The topological polar surface area (TPSA) is 211 Å². The summed E-state index contributed by atoms with van der Waals surface area (Å²) in [6.45, 7) is 24.5. The summed E-state index contributed by atoms with van der Waals surface area (Å²) < 4.78 is 15.3. The Morgan fingerprint density at radius 1 is 0.662 bits per heavy atom. The van der Waals surface area contributed by atoms with Crippen molar-refractivity contribution in [3.05, 3.63) is 126 Å². The van der Waals surface area contributed by atoms with E-state index in [4.69, 9.17) is 36.0 Å². The number of thiophene rings is 2. The average Bonchev–Trinajstić information content (AvgIpc) is 3.99. The molecule has 0 bridgehead atoms. The summed E-state index contributed by atoms with van der Waals surface area (Å²) in [6.07, 6.45) is 2.08. The fraction of sp³-hybridized carbons (Fsp3) is 0.444. The third-order valence-corrected chi connectivity index (χ3v) is 13.8. The molecule has 0 radical (unpaired) electrons. The van der Waals surface area contributed by atoms with Crippen molar-refractivity contribution in [2.24, 2.45) is 21.5 Å². The summed E-state index contributed by atoms with van der Waals surface area (Å²) in [5.41, 5.74) is 20.3. The summed E-state index contributed by atoms with van der Waals surface area (Å²) >= 11 is 3.39. The summed E-state index contributed by atoms with van der Waals surface area (Å²) in [5.74, 6) is 8.17. The van der Waals surface area contributed by atoms with Gasteiger partial charge in [0, 0.05) is 44.7 Å². The number of benzene rings is 2. The van der Waals surface area contributed by atoms with E-state index < -0.39 is 23.3 Å². The van der Waals surface area contributed by atoms with Crippen molar-refractivity contribution in [1.82, 2.24) is 29.5 Å². The number of aryl methyl sites for hydroxylation is 5. The van der Waals surface area contributed by atoms with Crippen LogP contribution in [-0.4, -0.2) is 89.4 Å². The van der Waals surface area contributed by atoms with Crippen molar-refractivity contribution in [3.8, 4) is 21.8 Å². The molecule has 0 saturated heterocycles. The first-order chi connectivity index (χ1) is 33.2. The normalized spacial score (nSPS) is 14.6. The molecule has 2 aliphatic rings. The molecular weight excluding hydrogens is 933 g/mol. The minimum Gasteiger partial charge on any atom is -0.460 e. The van der Waals surface area contributed by atoms with E-state index in [9.17, 15) is 9.59 Å². The van der Waals surface area contributed by atoms with Gasteiger partial charge in [0.1, 0.15) is 44.9 Å². The van der Waals surface area contributed by atoms with Gasteiger partial charge in [-0.15, -0.1) is 43.1 Å². The lowest BCUT2D eigenvalue weighted by Crippen LogP contribution is -2.25. The molecule has 2 aliphatic heterocycles. The SMILES string of the molecule is C.CO.Cc1sc2c(c1C)C(c1ccc(C#CCN)cc1)=N[C@@H](CC(=O)OC(C)(C)C)c1nnc(C)n1-2.Cc1sc2c(c1C)C(c1ccc(CCCN)cc1)=N[C@@H](CC(=O)OC(C)(C)C)c1nnc(C)n1-2. The predicted molar refractivity (Wildman–Crippen MR) is 286 cm³/mol. The fourth-order valence-electron chi connectivity index (χ4n) is 8.13. The van der Waals surface area contributed by atoms with E-state index in [-0.39, 0.29) is 32.2 Å². The molecule has 2 aromatic carbocycles. The first-order valence-corrected chi connectivity index (χ1v) is 25.0. The van der Waals surface area contributed by atoms with Crippen molar-refractivity contribution in [2.45, 2.75) is 139 Å². The number of aromatic nitrogens is 6. The Morgan fingerprint density at radius 2 is 1.07 bits per heavy atom. The second-order valence-corrected chi connectivity index (χ2v) is 21.5. The second-order valence-electron chi connectivity index (χ2n) is 19.0. The quantitative estimate of drug-likeness (QED) is 0.0918. The van der Waals surface area contributed by atoms with Crippen LogP contribution in [0.4, 0.5) is 0 Å². The van der Waals surface area contributed by atoms with Crippen LogP contribution in [-0.2, 0) is 25.5 Å². The van der Waals surface area contributed by atoms with Crippen molar-refractivity contribution in [1.29, 1.82) is 0 Å². The summed E-state index contributed by atoms with van der Waals surface area (Å²) in [7, 11) is 1.00. The Morgan fingerprint density at radius 3 is 1.45 bits per heavy atom. The lowest BCUT2D eigenvalue weighted by atomic mass is 9.98. The lowest BCUT2D eigenvalue weighted by Gasteiger charge is -2.21. The van der Waals surface area contributed by atoms with Gasteiger partial charge in [0.2, 0.25) is 0 Å². The van der Waals surface area contributed by atoms with E-state index in [0.717, 1.165) is 86.4 Å². The fourth-order valence-corrected chi connectivity index (χ4v) is 10.6. The number of rotatable bonds is 9. The van der Waals surface area contributed by atoms with Crippen LogP contribution in [0.3, 0.4) is 0 Å². The molecule has 0 unspecified atom stereocenters. The van der Waals surface area contributed by atoms with Crippen LogP contribution >= 0.6 is 22.7 Å². The number of nitrogens with two attached hydrogens (primary N) is 2. The molecule has 15 nitrogen and oxygen atoms in total. The molecule has 0 aliphatic carbocycles. The molecule has 0 fully saturated rings. The zero-order valence-corrected chi connectivity index (χ0v) is 44.3. The standard InChI is InChI=1S/C26H33N5O2S.C26H29N5O2S.CH4O.CH4/c2*1-15-16(2)34-25-22(15)23(19-11-9-18(10-12-19)8-7-13-27)28-20(14-21(32)33-26(4,5)6)24-30-29-17(3)31(24)25;1-2;/h9-12,20H,7-8,13-14,27H2,1-6H3;9-12,20H,13-14,27H2,1-6H3;2H,1H3;1H4/t2*20-;;/m00../s1. The Bertz CT molecular complexity index is 2970. The molecule has 8 rings (SSSR count). The van der Waals surface area contributed by atoms with Crippen LogP contribution in [0.15, 0.2) is 58.5 Å². The summed E-state index contributed by atoms with van der Waals surface area (Å²) in [6, 6.07) is 15.4. The number of aliphatic hydroxyl groups excluding tert-OH is 1. The number of aliphatic imine (C=N–C) groups is 2. The maximum atomic E-state index is 12.8. The van der Waals surface area contributed by atoms with Crippen molar-refractivity contribution in [3.63, 3.8) is 0 Å². The number of carbonyl (C=O) groups excluding carboxylic acids is 2. The van der Waals surface area contributed by atoms with Gasteiger partial charge in [-0.05, 0) is 131 Å². The number of nitrogens with zero attached hydrogens (tertiary/aromatic N) is 8. The van der Waals surface area contributed by atoms with E-state index >= 15 is 0 Å². The summed E-state index contributed by atoms with van der Waals surface area (Å²) in [4.78, 5) is 38.3. The third kappa shape index (κ3) is 12.8. The number of carbonyl (C=O) groups is 2. The molecule has 0 saturated carbocycles. The van der Waals surface area contributed by atoms with Crippen LogP contribution in [0, 0.1) is 53.4 Å². The highest BCUT2D eigenvalue weighted by molar-refractivity contribution is 7.15. The van der Waals surface area contributed by atoms with Crippen molar-refractivity contribution < 1.29 is 24.2 Å². The van der Waals surface area contributed by atoms with Gasteiger partial charge < -0.3 is 26.0 Å². The van der Waals surface area contributed by atoms with Gasteiger partial charge in [0.15, 0.2) is 11.6 Å². The maximum Gasteiger partial charge on any atom is 0.308 e. The molecule has 6 aromatic rings. The van der Waals surface area contributed by atoms with Crippen molar-refractivity contribution in [2.75, 3.05) is 20.2 Å². The Kier molecular flexibility index (Phi) is 18.4. The van der Waals surface area contributed by atoms with Crippen LogP contribution in [0.1, 0.15) is 158 Å². The maximum absolute atomic E-state index is 12.8. The smallest absolute Gasteiger partial charge is 0.308 e. The van der Waals surface area contributed by atoms with Gasteiger partial charge in [-0.1, -0.05) is 55.7 Å². The highest BCUT2D eigenvalue weighted by Crippen LogP contribution is 2.41. The molecule has 6 heterocycles. The van der Waals surface area contributed by atoms with E-state index in [1.165, 1.54) is 20.9 Å². The molecular formula is C54H70N10O5S2. The number of esters is 2. The van der Waals surface area contributed by atoms with Gasteiger partial charge in [-0.25, -0.2) is 0 Å². The van der Waals surface area contributed by atoms with E-state index in [1.54, 1.807) is 22.7 Å². The lowest BCUT2D eigenvalue weighted by molar-refractivity contribution is -0.156. The molecule has 2 atom stereocenters. The van der Waals surface area contributed by atoms with Gasteiger partial charge in [0.05, 0.1) is 30.8 Å². The number of aliphatic hydroxyl groups is 1. The number of fused-ring (bicyclic) bond motifs is 6. The largest absolute Gasteiger partial charge is 0.460 e. The molecule has 71 heavy (non-hydrogen) atoms. The van der Waals surface area contributed by atoms with Gasteiger partial charge in [-0.3, -0.25) is 28.7 Å².